The Balaban J connectivity index is 2.68. The van der Waals surface area contributed by atoms with Crippen molar-refractivity contribution in [3.63, 3.8) is 0 Å². The molecular formula is C10H13BrN2O2. The number of carbonyl (C=O) groups excluding carboxylic acids is 1. The highest BCUT2D eigenvalue weighted by atomic mass is 79.9. The molecule has 0 aliphatic heterocycles. The second-order valence-electron chi connectivity index (χ2n) is 3.31. The summed E-state index contributed by atoms with van der Waals surface area (Å²) >= 11 is 3.28. The van der Waals surface area contributed by atoms with Crippen molar-refractivity contribution in [3.8, 4) is 0 Å². The van der Waals surface area contributed by atoms with Crippen LogP contribution in [0, 0.1) is 0 Å². The van der Waals surface area contributed by atoms with Gasteiger partial charge in [0, 0.05) is 4.47 Å². The fourth-order valence-corrected chi connectivity index (χ4v) is 1.38. The lowest BCUT2D eigenvalue weighted by Crippen LogP contribution is -2.18. The Hall–Kier alpha value is -1.23. The van der Waals surface area contributed by atoms with E-state index in [1.165, 1.54) is 0 Å². The minimum Gasteiger partial charge on any atom is -0.447 e. The highest BCUT2D eigenvalue weighted by Gasteiger charge is 2.07. The second-order valence-corrected chi connectivity index (χ2v) is 4.23. The van der Waals surface area contributed by atoms with E-state index < -0.39 is 6.09 Å². The first-order chi connectivity index (χ1) is 6.99. The summed E-state index contributed by atoms with van der Waals surface area (Å²) in [7, 11) is 0. The molecular weight excluding hydrogens is 260 g/mol. The van der Waals surface area contributed by atoms with Crippen molar-refractivity contribution in [3.05, 3.63) is 22.7 Å². The molecule has 0 saturated heterocycles. The lowest BCUT2D eigenvalue weighted by atomic mass is 10.3. The number of anilines is 2. The summed E-state index contributed by atoms with van der Waals surface area (Å²) in [6, 6.07) is 5.22. The predicted molar refractivity (Wildman–Crippen MR) is 63.8 cm³/mol. The molecule has 1 aromatic rings. The van der Waals surface area contributed by atoms with Crippen LogP contribution in [-0.4, -0.2) is 12.2 Å². The van der Waals surface area contributed by atoms with Crippen molar-refractivity contribution in [1.29, 1.82) is 0 Å². The highest BCUT2D eigenvalue weighted by Crippen LogP contribution is 2.23. The van der Waals surface area contributed by atoms with Gasteiger partial charge in [0.2, 0.25) is 0 Å². The summed E-state index contributed by atoms with van der Waals surface area (Å²) in [4.78, 5) is 11.3. The van der Waals surface area contributed by atoms with E-state index in [0.717, 1.165) is 4.47 Å². The van der Waals surface area contributed by atoms with Gasteiger partial charge in [-0.2, -0.15) is 0 Å². The van der Waals surface area contributed by atoms with Gasteiger partial charge >= 0.3 is 6.09 Å². The van der Waals surface area contributed by atoms with Gasteiger partial charge in [-0.05, 0) is 32.0 Å². The quantitative estimate of drug-likeness (QED) is 0.814. The van der Waals surface area contributed by atoms with Gasteiger partial charge in [0.15, 0.2) is 0 Å². The van der Waals surface area contributed by atoms with Crippen molar-refractivity contribution < 1.29 is 9.53 Å². The average molecular weight is 273 g/mol. The molecule has 0 bridgehead atoms. The summed E-state index contributed by atoms with van der Waals surface area (Å²) in [5, 5.41) is 2.56. The first kappa shape index (κ1) is 11.8. The number of hydrogen-bond acceptors (Lipinski definition) is 3. The van der Waals surface area contributed by atoms with Crippen LogP contribution in [0.4, 0.5) is 16.2 Å². The van der Waals surface area contributed by atoms with Crippen LogP contribution in [0.15, 0.2) is 22.7 Å². The van der Waals surface area contributed by atoms with Gasteiger partial charge in [0.05, 0.1) is 17.5 Å². The van der Waals surface area contributed by atoms with Crippen LogP contribution in [-0.2, 0) is 4.74 Å². The fraction of sp³-hybridized carbons (Fsp3) is 0.300. The Labute approximate surface area is 96.9 Å². The number of ether oxygens (including phenoxy) is 1. The number of rotatable bonds is 2. The van der Waals surface area contributed by atoms with Gasteiger partial charge in [-0.15, -0.1) is 0 Å². The first-order valence-electron chi connectivity index (χ1n) is 4.51. The molecule has 0 spiro atoms. The summed E-state index contributed by atoms with van der Waals surface area (Å²) in [5.41, 5.74) is 6.74. The maximum atomic E-state index is 11.3. The molecule has 0 heterocycles. The standard InChI is InChI=1S/C10H13BrN2O2/c1-6(2)15-10(14)13-9-4-3-7(11)5-8(9)12/h3-6H,12H2,1-2H3,(H,13,14). The number of nitrogens with two attached hydrogens (primary N) is 1. The molecule has 0 aliphatic carbocycles. The molecule has 0 atom stereocenters. The van der Waals surface area contributed by atoms with E-state index in [2.05, 4.69) is 21.2 Å². The maximum absolute atomic E-state index is 11.3. The molecule has 82 valence electrons. The van der Waals surface area contributed by atoms with Crippen LogP contribution in [0.3, 0.4) is 0 Å². The maximum Gasteiger partial charge on any atom is 0.411 e. The van der Waals surface area contributed by atoms with E-state index >= 15 is 0 Å². The third-order valence-corrected chi connectivity index (χ3v) is 2.09. The molecule has 0 radical (unpaired) electrons. The summed E-state index contributed by atoms with van der Waals surface area (Å²) in [6.45, 7) is 3.56. The Morgan fingerprint density at radius 3 is 2.73 bits per heavy atom. The molecule has 5 heteroatoms. The largest absolute Gasteiger partial charge is 0.447 e. The minimum absolute atomic E-state index is 0.151. The van der Waals surface area contributed by atoms with Gasteiger partial charge in [-0.1, -0.05) is 15.9 Å². The molecule has 0 fully saturated rings. The Morgan fingerprint density at radius 2 is 2.20 bits per heavy atom. The van der Waals surface area contributed by atoms with E-state index in [4.69, 9.17) is 10.5 Å². The predicted octanol–water partition coefficient (Wildman–Crippen LogP) is 2.99. The third kappa shape index (κ3) is 3.79. The Bertz CT molecular complexity index is 366. The first-order valence-corrected chi connectivity index (χ1v) is 5.31. The molecule has 15 heavy (non-hydrogen) atoms. The lowest BCUT2D eigenvalue weighted by Gasteiger charge is -2.11. The SMILES string of the molecule is CC(C)OC(=O)Nc1ccc(Br)cc1N. The number of hydrogen-bond donors (Lipinski definition) is 2. The van der Waals surface area contributed by atoms with Gasteiger partial charge in [0.25, 0.3) is 0 Å². The monoisotopic (exact) mass is 272 g/mol. The smallest absolute Gasteiger partial charge is 0.411 e. The van der Waals surface area contributed by atoms with Crippen LogP contribution < -0.4 is 11.1 Å². The topological polar surface area (TPSA) is 64.3 Å². The van der Waals surface area contributed by atoms with E-state index in [0.29, 0.717) is 11.4 Å². The molecule has 0 saturated carbocycles. The van der Waals surface area contributed by atoms with Crippen LogP contribution in [0.1, 0.15) is 13.8 Å². The number of halogens is 1. The van der Waals surface area contributed by atoms with E-state index in [1.807, 2.05) is 0 Å². The number of amides is 1. The van der Waals surface area contributed by atoms with Gasteiger partial charge in [-0.3, -0.25) is 5.32 Å². The van der Waals surface area contributed by atoms with Crippen molar-refractivity contribution in [1.82, 2.24) is 0 Å². The van der Waals surface area contributed by atoms with Crippen molar-refractivity contribution >= 4 is 33.4 Å². The van der Waals surface area contributed by atoms with E-state index in [1.54, 1.807) is 32.0 Å². The van der Waals surface area contributed by atoms with Crippen molar-refractivity contribution in [2.75, 3.05) is 11.1 Å². The van der Waals surface area contributed by atoms with E-state index in [-0.39, 0.29) is 6.10 Å². The fourth-order valence-electron chi connectivity index (χ4n) is 1.00. The van der Waals surface area contributed by atoms with Gasteiger partial charge in [0.1, 0.15) is 0 Å². The van der Waals surface area contributed by atoms with Crippen LogP contribution in [0.25, 0.3) is 0 Å². The number of benzene rings is 1. The summed E-state index contributed by atoms with van der Waals surface area (Å²) in [6.07, 6.45) is -0.652. The van der Waals surface area contributed by atoms with Crippen molar-refractivity contribution in [2.45, 2.75) is 20.0 Å². The number of nitrogen functional groups attached to an aromatic ring is 1. The molecule has 4 nitrogen and oxygen atoms in total. The molecule has 1 amide bonds. The zero-order chi connectivity index (χ0) is 11.4. The third-order valence-electron chi connectivity index (χ3n) is 1.59. The van der Waals surface area contributed by atoms with Gasteiger partial charge < -0.3 is 10.5 Å². The van der Waals surface area contributed by atoms with Crippen LogP contribution in [0.5, 0.6) is 0 Å². The summed E-state index contributed by atoms with van der Waals surface area (Å²) in [5.74, 6) is 0. The van der Waals surface area contributed by atoms with Crippen LogP contribution >= 0.6 is 15.9 Å². The average Bonchev–Trinajstić information content (AvgIpc) is 2.08. The Morgan fingerprint density at radius 1 is 1.53 bits per heavy atom. The number of nitrogens with one attached hydrogen (secondary N) is 1. The highest BCUT2D eigenvalue weighted by molar-refractivity contribution is 9.10. The molecule has 0 unspecified atom stereocenters. The molecule has 0 aliphatic rings. The van der Waals surface area contributed by atoms with Gasteiger partial charge in [-0.25, -0.2) is 4.79 Å². The molecule has 3 N–H and O–H groups in total. The van der Waals surface area contributed by atoms with Crippen molar-refractivity contribution in [2.24, 2.45) is 0 Å². The zero-order valence-electron chi connectivity index (χ0n) is 8.58. The molecule has 1 rings (SSSR count). The summed E-state index contributed by atoms with van der Waals surface area (Å²) < 4.78 is 5.79. The molecule has 0 aromatic heterocycles. The second kappa shape index (κ2) is 5.02. The molecule has 1 aromatic carbocycles. The van der Waals surface area contributed by atoms with Crippen LogP contribution in [0.2, 0.25) is 0 Å². The lowest BCUT2D eigenvalue weighted by molar-refractivity contribution is 0.130. The van der Waals surface area contributed by atoms with E-state index in [9.17, 15) is 4.79 Å². The zero-order valence-corrected chi connectivity index (χ0v) is 10.2. The normalized spacial score (nSPS) is 10.1. The Kier molecular flexibility index (Phi) is 3.96. The minimum atomic E-state index is -0.501. The number of carbonyl (C=O) groups is 1.